The van der Waals surface area contributed by atoms with Gasteiger partial charge in [0.25, 0.3) is 0 Å². The van der Waals surface area contributed by atoms with Gasteiger partial charge in [-0.15, -0.1) is 0 Å². The molecule has 10 heteroatoms. The van der Waals surface area contributed by atoms with Crippen LogP contribution in [0.1, 0.15) is 106 Å². The first-order valence-corrected chi connectivity index (χ1v) is 17.4. The van der Waals surface area contributed by atoms with Crippen LogP contribution >= 0.6 is 0 Å². The van der Waals surface area contributed by atoms with E-state index in [2.05, 4.69) is 12.2 Å². The van der Waals surface area contributed by atoms with E-state index in [0.29, 0.717) is 45.3 Å². The van der Waals surface area contributed by atoms with Crippen LogP contribution in [0.15, 0.2) is 48.5 Å². The summed E-state index contributed by atoms with van der Waals surface area (Å²) in [5.41, 5.74) is -0.0216. The second-order valence-electron chi connectivity index (χ2n) is 11.6. The molecule has 0 aromatic heterocycles. The lowest BCUT2D eigenvalue weighted by molar-refractivity contribution is -0.137. The number of benzene rings is 2. The Kier molecular flexibility index (Phi) is 22.7. The van der Waals surface area contributed by atoms with Crippen molar-refractivity contribution in [2.45, 2.75) is 96.6 Å². The lowest BCUT2D eigenvalue weighted by Crippen LogP contribution is -2.15. The third kappa shape index (κ3) is 20.3. The topological polar surface area (TPSA) is 75.2 Å². The molecule has 2 aromatic rings. The highest BCUT2D eigenvalue weighted by Crippen LogP contribution is 2.32. The van der Waals surface area contributed by atoms with Gasteiger partial charge >= 0.3 is 12.1 Å². The molecule has 0 saturated carbocycles. The van der Waals surface area contributed by atoms with E-state index in [0.717, 1.165) is 25.2 Å². The van der Waals surface area contributed by atoms with E-state index < -0.39 is 17.7 Å². The maximum Gasteiger partial charge on any atom is 0.416 e. The first-order valence-electron chi connectivity index (χ1n) is 17.4. The molecular weight excluding hydrogens is 611 g/mol. The van der Waals surface area contributed by atoms with Crippen LogP contribution < -0.4 is 5.32 Å². The van der Waals surface area contributed by atoms with Gasteiger partial charge in [0.05, 0.1) is 63.1 Å². The maximum absolute atomic E-state index is 13.0. The van der Waals surface area contributed by atoms with Gasteiger partial charge in [-0.2, -0.15) is 13.2 Å². The molecule has 0 saturated heterocycles. The molecule has 0 aliphatic carbocycles. The summed E-state index contributed by atoms with van der Waals surface area (Å²) in [4.78, 5) is 12.6. The molecule has 0 aliphatic rings. The zero-order valence-electron chi connectivity index (χ0n) is 28.3. The van der Waals surface area contributed by atoms with Gasteiger partial charge < -0.3 is 29.0 Å². The lowest BCUT2D eigenvalue weighted by Gasteiger charge is -2.13. The van der Waals surface area contributed by atoms with Crippen molar-refractivity contribution in [1.82, 2.24) is 0 Å². The molecule has 1 N–H and O–H groups in total. The predicted octanol–water partition coefficient (Wildman–Crippen LogP) is 9.76. The summed E-state index contributed by atoms with van der Waals surface area (Å²) in [6, 6.07) is 11.2. The lowest BCUT2D eigenvalue weighted by atomic mass is 10.0. The number of nitrogens with one attached hydrogen (secondary N) is 1. The zero-order chi connectivity index (χ0) is 33.8. The van der Waals surface area contributed by atoms with E-state index in [1.165, 1.54) is 89.2 Å². The first-order chi connectivity index (χ1) is 22.9. The van der Waals surface area contributed by atoms with Crippen LogP contribution in [-0.4, -0.2) is 65.4 Å². The smallest absolute Gasteiger partial charge is 0.416 e. The Morgan fingerprint density at radius 1 is 0.596 bits per heavy atom. The van der Waals surface area contributed by atoms with Gasteiger partial charge in [-0.1, -0.05) is 102 Å². The highest BCUT2D eigenvalue weighted by Gasteiger charge is 2.30. The summed E-state index contributed by atoms with van der Waals surface area (Å²) in [7, 11) is 0. The van der Waals surface area contributed by atoms with Crippen LogP contribution in [0.3, 0.4) is 0 Å². The van der Waals surface area contributed by atoms with Crippen LogP contribution in [0.2, 0.25) is 0 Å². The van der Waals surface area contributed by atoms with Gasteiger partial charge in [0.1, 0.15) is 6.61 Å². The molecule has 0 atom stereocenters. The van der Waals surface area contributed by atoms with Crippen molar-refractivity contribution in [3.63, 3.8) is 0 Å². The molecular formula is C37H56F3NO6. The Morgan fingerprint density at radius 2 is 1.09 bits per heavy atom. The molecule has 0 aliphatic heterocycles. The monoisotopic (exact) mass is 667 g/mol. The van der Waals surface area contributed by atoms with Crippen molar-refractivity contribution >= 4 is 17.3 Å². The largest absolute Gasteiger partial charge is 0.460 e. The van der Waals surface area contributed by atoms with Crippen molar-refractivity contribution in [3.05, 3.63) is 59.7 Å². The van der Waals surface area contributed by atoms with Gasteiger partial charge in [0, 0.05) is 12.3 Å². The number of halogens is 3. The van der Waals surface area contributed by atoms with Gasteiger partial charge in [-0.25, -0.2) is 4.79 Å². The minimum absolute atomic E-state index is 0.0269. The molecule has 47 heavy (non-hydrogen) atoms. The number of hydrogen-bond donors (Lipinski definition) is 1. The summed E-state index contributed by atoms with van der Waals surface area (Å²) >= 11 is 0. The van der Waals surface area contributed by atoms with E-state index in [-0.39, 0.29) is 24.5 Å². The number of rotatable bonds is 29. The van der Waals surface area contributed by atoms with Crippen LogP contribution in [0.4, 0.5) is 24.5 Å². The molecule has 7 nitrogen and oxygen atoms in total. The second kappa shape index (κ2) is 26.3. The van der Waals surface area contributed by atoms with Gasteiger partial charge in [0.15, 0.2) is 0 Å². The Labute approximate surface area is 279 Å². The van der Waals surface area contributed by atoms with Crippen molar-refractivity contribution in [2.75, 3.05) is 64.8 Å². The summed E-state index contributed by atoms with van der Waals surface area (Å²) < 4.78 is 66.5. The SMILES string of the molecule is CCCCCCCCCCCCCCCOCCOCCOCCOCCOC(=O)c1ccccc1Nc1cccc(C(F)(F)F)c1. The number of carbonyl (C=O) groups excluding carboxylic acids is 1. The van der Waals surface area contributed by atoms with Crippen molar-refractivity contribution < 1.29 is 41.7 Å². The van der Waals surface area contributed by atoms with Crippen LogP contribution in [0, 0.1) is 0 Å². The molecule has 0 spiro atoms. The molecule has 2 rings (SSSR count). The Balaban J connectivity index is 1.37. The number of unbranched alkanes of at least 4 members (excludes halogenated alkanes) is 12. The van der Waals surface area contributed by atoms with Gasteiger partial charge in [-0.3, -0.25) is 0 Å². The van der Waals surface area contributed by atoms with Gasteiger partial charge in [0.2, 0.25) is 0 Å². The Hall–Kier alpha value is -2.66. The van der Waals surface area contributed by atoms with E-state index >= 15 is 0 Å². The van der Waals surface area contributed by atoms with Crippen LogP contribution in [-0.2, 0) is 29.9 Å². The number of alkyl halides is 3. The fraction of sp³-hybridized carbons (Fsp3) is 0.649. The highest BCUT2D eigenvalue weighted by atomic mass is 19.4. The third-order valence-corrected chi connectivity index (χ3v) is 7.58. The van der Waals surface area contributed by atoms with Gasteiger partial charge in [-0.05, 0) is 36.8 Å². The Bertz CT molecular complexity index is 1070. The zero-order valence-corrected chi connectivity index (χ0v) is 28.3. The summed E-state index contributed by atoms with van der Waals surface area (Å²) in [5, 5.41) is 2.87. The number of para-hydroxylation sites is 1. The molecule has 2 aromatic carbocycles. The average Bonchev–Trinajstić information content (AvgIpc) is 3.06. The molecule has 266 valence electrons. The highest BCUT2D eigenvalue weighted by molar-refractivity contribution is 5.96. The second-order valence-corrected chi connectivity index (χ2v) is 11.6. The summed E-state index contributed by atoms with van der Waals surface area (Å²) in [6.07, 6.45) is 13.0. The van der Waals surface area contributed by atoms with Crippen molar-refractivity contribution in [1.29, 1.82) is 0 Å². The van der Waals surface area contributed by atoms with E-state index in [9.17, 15) is 18.0 Å². The normalized spacial score (nSPS) is 11.6. The predicted molar refractivity (Wildman–Crippen MR) is 180 cm³/mol. The average molecular weight is 668 g/mol. The fourth-order valence-corrected chi connectivity index (χ4v) is 4.95. The number of ether oxygens (including phenoxy) is 5. The number of hydrogen-bond acceptors (Lipinski definition) is 7. The molecule has 0 amide bonds. The summed E-state index contributed by atoms with van der Waals surface area (Å²) in [6.45, 7) is 6.05. The quantitative estimate of drug-likeness (QED) is 0.0684. The van der Waals surface area contributed by atoms with Crippen LogP contribution in [0.25, 0.3) is 0 Å². The molecule has 0 bridgehead atoms. The first kappa shape index (κ1) is 40.5. The van der Waals surface area contributed by atoms with Crippen LogP contribution in [0.5, 0.6) is 0 Å². The molecule has 0 fully saturated rings. The van der Waals surface area contributed by atoms with E-state index in [4.69, 9.17) is 23.7 Å². The minimum atomic E-state index is -4.46. The number of esters is 1. The van der Waals surface area contributed by atoms with E-state index in [1.54, 1.807) is 24.3 Å². The van der Waals surface area contributed by atoms with Crippen molar-refractivity contribution in [3.8, 4) is 0 Å². The standard InChI is InChI=1S/C37H56F3NO6/c1-2-3-4-5-6-7-8-9-10-11-12-13-16-22-43-23-24-44-25-26-45-27-28-46-29-30-47-36(42)34-20-14-15-21-35(34)41-33-19-17-18-32(31-33)37(38,39)40/h14-15,17-21,31,41H,2-13,16,22-30H2,1H3. The van der Waals surface area contributed by atoms with Crippen molar-refractivity contribution in [2.24, 2.45) is 0 Å². The fourth-order valence-electron chi connectivity index (χ4n) is 4.95. The Morgan fingerprint density at radius 3 is 1.64 bits per heavy atom. The van der Waals surface area contributed by atoms with E-state index in [1.807, 2.05) is 0 Å². The summed E-state index contributed by atoms with van der Waals surface area (Å²) in [5.74, 6) is -0.606. The molecule has 0 radical (unpaired) electrons. The minimum Gasteiger partial charge on any atom is -0.460 e. The molecule has 0 heterocycles. The maximum atomic E-state index is 13.0. The number of carbonyl (C=O) groups is 1. The third-order valence-electron chi connectivity index (χ3n) is 7.58. The molecule has 0 unspecified atom stereocenters. The number of anilines is 2.